The number of aromatic amines is 1. The van der Waals surface area contributed by atoms with E-state index in [0.29, 0.717) is 18.5 Å². The molecule has 68 heavy (non-hydrogen) atoms. The minimum Gasteiger partial charge on any atom is -0.480 e. The van der Waals surface area contributed by atoms with Crippen LogP contribution >= 0.6 is 0 Å². The Morgan fingerprint density at radius 2 is 1.22 bits per heavy atom. The molecule has 0 aromatic carbocycles. The Morgan fingerprint density at radius 1 is 0.706 bits per heavy atom. The van der Waals surface area contributed by atoms with Crippen LogP contribution in [-0.2, 0) is 54.4 Å². The molecule has 0 spiro atoms. The van der Waals surface area contributed by atoms with Crippen molar-refractivity contribution in [1.82, 2.24) is 51.7 Å². The Morgan fingerprint density at radius 3 is 1.74 bits per heavy atom. The van der Waals surface area contributed by atoms with Gasteiger partial charge in [-0.3, -0.25) is 43.2 Å². The third-order valence-electron chi connectivity index (χ3n) is 11.5. The van der Waals surface area contributed by atoms with Gasteiger partial charge in [0.25, 0.3) is 0 Å². The van der Waals surface area contributed by atoms with E-state index in [1.165, 1.54) is 29.2 Å². The Labute approximate surface area is 391 Å². The summed E-state index contributed by atoms with van der Waals surface area (Å²) in [6, 6.07) is -13.2. The van der Waals surface area contributed by atoms with E-state index in [4.69, 9.17) is 11.5 Å². The number of imidazole rings is 1. The molecule has 3 rings (SSSR count). The second kappa shape index (κ2) is 25.7. The summed E-state index contributed by atoms with van der Waals surface area (Å²) >= 11 is 0. The molecule has 0 unspecified atom stereocenters. The van der Waals surface area contributed by atoms with Crippen molar-refractivity contribution in [3.05, 3.63) is 18.2 Å². The number of hydrogen-bond donors (Lipinski definition) is 14. The van der Waals surface area contributed by atoms with Gasteiger partial charge in [-0.2, -0.15) is 0 Å². The molecule has 0 radical (unpaired) electrons. The highest BCUT2D eigenvalue weighted by Gasteiger charge is 2.45. The van der Waals surface area contributed by atoms with Crippen LogP contribution in [0.5, 0.6) is 0 Å². The van der Waals surface area contributed by atoms with E-state index < -0.39 is 151 Å². The average molecular weight is 967 g/mol. The molecule has 27 heteroatoms. The van der Waals surface area contributed by atoms with Gasteiger partial charge in [0.15, 0.2) is 6.04 Å². The molecule has 16 N–H and O–H groups in total. The molecular formula is C41H66N12O15. The Bertz CT molecular complexity index is 1970. The summed E-state index contributed by atoms with van der Waals surface area (Å²) in [4.78, 5) is 141. The van der Waals surface area contributed by atoms with E-state index in [1.54, 1.807) is 13.8 Å². The molecule has 380 valence electrons. The first-order valence-corrected chi connectivity index (χ1v) is 22.2. The summed E-state index contributed by atoms with van der Waals surface area (Å²) in [6.07, 6.45) is -1.92. The number of hydrogen-bond acceptors (Lipinski definition) is 16. The number of carbonyl (C=O) groups is 10. The lowest BCUT2D eigenvalue weighted by Crippen LogP contribution is -2.63. The summed E-state index contributed by atoms with van der Waals surface area (Å²) in [5.74, 6) is -10.2. The number of rotatable bonds is 25. The Kier molecular flexibility index (Phi) is 21.2. The fourth-order valence-corrected chi connectivity index (χ4v) is 7.68. The van der Waals surface area contributed by atoms with Gasteiger partial charge in [0.2, 0.25) is 53.2 Å². The zero-order valence-electron chi connectivity index (χ0n) is 38.5. The molecule has 0 bridgehead atoms. The summed E-state index contributed by atoms with van der Waals surface area (Å²) in [5.41, 5.74) is 11.1. The van der Waals surface area contributed by atoms with Gasteiger partial charge in [-0.25, -0.2) is 9.78 Å². The topological polar surface area (TPSA) is 431 Å². The van der Waals surface area contributed by atoms with Gasteiger partial charge < -0.3 is 83.7 Å². The summed E-state index contributed by atoms with van der Waals surface area (Å²) in [7, 11) is 0. The first-order valence-electron chi connectivity index (χ1n) is 22.2. The molecular weight excluding hydrogens is 901 g/mol. The maximum absolute atomic E-state index is 14.3. The van der Waals surface area contributed by atoms with Crippen LogP contribution in [0.15, 0.2) is 12.5 Å². The zero-order valence-corrected chi connectivity index (χ0v) is 38.5. The van der Waals surface area contributed by atoms with E-state index in [0.717, 1.165) is 13.8 Å². The van der Waals surface area contributed by atoms with Gasteiger partial charge in [0.1, 0.15) is 48.3 Å². The van der Waals surface area contributed by atoms with Gasteiger partial charge in [-0.05, 0) is 58.8 Å². The van der Waals surface area contributed by atoms with Crippen LogP contribution in [0.25, 0.3) is 0 Å². The number of carbonyl (C=O) groups excluding carboxylic acids is 9. The molecule has 9 amide bonds. The SMILES string of the molecule is CC(C)[C@H](NC(=O)[C@H](Cc1cnc[nH]1)NC(=O)[C@@H](NC(=O)[C@@H](NC(=O)[C@H](CCC(N)=O)NC(=O)[C@@H](N)CO)[C@@H](C)O)[C@@H](C)O)C(=O)N1CCC[C@H]1C(=O)N1CCC[C@H]1C(=O)N[C@H](C(=O)O)[C@@H](C)O. The quantitative estimate of drug-likeness (QED) is 0.0433. The molecule has 2 aliphatic rings. The highest BCUT2D eigenvalue weighted by atomic mass is 16.4. The number of aliphatic carboxylic acids is 1. The normalized spacial score (nSPS) is 20.3. The number of primary amides is 1. The molecule has 2 saturated heterocycles. The van der Waals surface area contributed by atoms with Crippen molar-refractivity contribution in [1.29, 1.82) is 0 Å². The number of amides is 9. The highest BCUT2D eigenvalue weighted by Crippen LogP contribution is 2.27. The third-order valence-corrected chi connectivity index (χ3v) is 11.5. The summed E-state index contributed by atoms with van der Waals surface area (Å²) in [6.45, 7) is 6.16. The first-order chi connectivity index (χ1) is 31.9. The molecule has 1 aromatic heterocycles. The monoisotopic (exact) mass is 966 g/mol. The van der Waals surface area contributed by atoms with E-state index >= 15 is 0 Å². The molecule has 2 fully saturated rings. The standard InChI is InChI=1S/C41H66N12O15/c1-18(2)29(40(66)53-13-7-9-27(53)39(65)52-12-6-8-26(52)36(62)51-32(21(5)57)41(67)68)48-35(61)25(14-22-15-44-17-45-22)47-37(63)30(19(3)55)50-38(64)31(20(4)56)49-34(60)24(10-11-28(43)58)46-33(59)23(42)16-54/h15,17-21,23-27,29-32,54-57H,6-14,16,42H2,1-5H3,(H2,43,58)(H,44,45)(H,46,59)(H,47,63)(H,48,61)(H,49,60)(H,50,64)(H,51,62)(H,67,68)/t19-,20-,21-,23+,24+,25+,26+,27+,29+,30+,31+,32+/m1/s1. The number of carboxylic acid groups (broad SMARTS) is 1. The van der Waals surface area contributed by atoms with Gasteiger partial charge in [0.05, 0.1) is 31.2 Å². The smallest absolute Gasteiger partial charge is 0.328 e. The van der Waals surface area contributed by atoms with E-state index in [9.17, 15) is 73.5 Å². The zero-order chi connectivity index (χ0) is 51.2. The fraction of sp³-hybridized carbons (Fsp3) is 0.683. The molecule has 12 atom stereocenters. The lowest BCUT2D eigenvalue weighted by molar-refractivity contribution is -0.150. The minimum absolute atomic E-state index is 0.112. The number of aromatic nitrogens is 2. The number of likely N-dealkylation sites (tertiary alicyclic amines) is 2. The van der Waals surface area contributed by atoms with Gasteiger partial charge in [-0.1, -0.05) is 13.8 Å². The van der Waals surface area contributed by atoms with Crippen molar-refractivity contribution >= 4 is 59.1 Å². The first kappa shape index (κ1) is 56.0. The van der Waals surface area contributed by atoms with Crippen LogP contribution in [0.1, 0.15) is 78.8 Å². The van der Waals surface area contributed by atoms with Crippen molar-refractivity contribution in [2.45, 2.75) is 152 Å². The number of aliphatic hydroxyl groups is 4. The van der Waals surface area contributed by atoms with Crippen LogP contribution < -0.4 is 43.4 Å². The van der Waals surface area contributed by atoms with E-state index in [-0.39, 0.29) is 38.8 Å². The number of nitrogens with two attached hydrogens (primary N) is 2. The highest BCUT2D eigenvalue weighted by molar-refractivity contribution is 5.99. The Balaban J connectivity index is 1.82. The predicted molar refractivity (Wildman–Crippen MR) is 234 cm³/mol. The summed E-state index contributed by atoms with van der Waals surface area (Å²) in [5, 5.41) is 64.0. The van der Waals surface area contributed by atoms with Crippen molar-refractivity contribution in [2.75, 3.05) is 19.7 Å². The maximum atomic E-state index is 14.3. The average Bonchev–Trinajstić information content (AvgIpc) is 4.08. The van der Waals surface area contributed by atoms with Gasteiger partial charge in [-0.15, -0.1) is 0 Å². The number of carboxylic acids is 1. The van der Waals surface area contributed by atoms with E-state index in [2.05, 4.69) is 41.9 Å². The van der Waals surface area contributed by atoms with Crippen molar-refractivity contribution in [2.24, 2.45) is 17.4 Å². The van der Waals surface area contributed by atoms with Crippen LogP contribution in [0.4, 0.5) is 0 Å². The number of nitrogens with one attached hydrogen (secondary N) is 7. The third kappa shape index (κ3) is 15.4. The van der Waals surface area contributed by atoms with Crippen molar-refractivity contribution in [3.8, 4) is 0 Å². The molecule has 0 saturated carbocycles. The molecule has 0 aliphatic carbocycles. The molecule has 2 aliphatic heterocycles. The minimum atomic E-state index is -1.84. The molecule has 1 aromatic rings. The van der Waals surface area contributed by atoms with Gasteiger partial charge >= 0.3 is 5.97 Å². The number of H-pyrrole nitrogens is 1. The van der Waals surface area contributed by atoms with Crippen molar-refractivity contribution in [3.63, 3.8) is 0 Å². The maximum Gasteiger partial charge on any atom is 0.328 e. The van der Waals surface area contributed by atoms with Gasteiger partial charge in [0, 0.05) is 37.8 Å². The lowest BCUT2D eigenvalue weighted by Gasteiger charge is -2.34. The lowest BCUT2D eigenvalue weighted by atomic mass is 10.0. The van der Waals surface area contributed by atoms with E-state index in [1.807, 2.05) is 0 Å². The summed E-state index contributed by atoms with van der Waals surface area (Å²) < 4.78 is 0. The van der Waals surface area contributed by atoms with Crippen LogP contribution in [-0.4, -0.2) is 197 Å². The van der Waals surface area contributed by atoms with Crippen LogP contribution in [0.3, 0.4) is 0 Å². The van der Waals surface area contributed by atoms with Crippen LogP contribution in [0.2, 0.25) is 0 Å². The second-order valence-corrected chi connectivity index (χ2v) is 17.3. The molecule has 27 nitrogen and oxygen atoms in total. The van der Waals surface area contributed by atoms with Crippen LogP contribution in [0, 0.1) is 5.92 Å². The predicted octanol–water partition coefficient (Wildman–Crippen LogP) is -6.69. The number of aliphatic hydroxyl groups excluding tert-OH is 4. The van der Waals surface area contributed by atoms with Crippen molar-refractivity contribution < 1.29 is 73.5 Å². The number of nitrogens with zero attached hydrogens (tertiary/aromatic N) is 3. The largest absolute Gasteiger partial charge is 0.480 e. The molecule has 3 heterocycles. The second-order valence-electron chi connectivity index (χ2n) is 17.3. The Hall–Kier alpha value is -6.29. The fourth-order valence-electron chi connectivity index (χ4n) is 7.68.